The van der Waals surface area contributed by atoms with Crippen LogP contribution in [-0.4, -0.2) is 49.7 Å². The molecule has 0 saturated carbocycles. The number of methoxy groups -OCH3 is 1. The molecule has 2 rings (SSSR count). The number of nitro groups is 1. The maximum atomic E-state index is 12.9. The van der Waals surface area contributed by atoms with E-state index in [1.54, 1.807) is 13.8 Å². The Morgan fingerprint density at radius 3 is 1.97 bits per heavy atom. The van der Waals surface area contributed by atoms with Crippen molar-refractivity contribution in [2.45, 2.75) is 20.5 Å². The first-order valence-corrected chi connectivity index (χ1v) is 9.73. The molecule has 34 heavy (non-hydrogen) atoms. The third kappa shape index (κ3) is 6.37. The van der Waals surface area contributed by atoms with Crippen LogP contribution in [-0.2, 0) is 9.47 Å². The van der Waals surface area contributed by atoms with Gasteiger partial charge in [0.15, 0.2) is 11.5 Å². The number of nitrogens with one attached hydrogen (secondary N) is 1. The zero-order valence-corrected chi connectivity index (χ0v) is 18.3. The second-order valence-corrected chi connectivity index (χ2v) is 6.35. The van der Waals surface area contributed by atoms with E-state index in [1.807, 2.05) is 0 Å². The number of amides is 1. The Labute approximate surface area is 191 Å². The van der Waals surface area contributed by atoms with E-state index in [2.05, 4.69) is 10.1 Å². The van der Waals surface area contributed by atoms with Crippen LogP contribution >= 0.6 is 0 Å². The number of carbonyl (C=O) groups excluding carboxylic acids is 3. The average Bonchev–Trinajstić information content (AvgIpc) is 2.78. The molecule has 0 bridgehead atoms. The summed E-state index contributed by atoms with van der Waals surface area (Å²) < 4.78 is 44.2. The molecule has 0 heterocycles. The summed E-state index contributed by atoms with van der Waals surface area (Å²) in [5.74, 6) is -3.63. The molecule has 0 unspecified atom stereocenters. The number of halogens is 2. The minimum atomic E-state index is -3.29. The molecular formula is C21H20F2N2O9. The Morgan fingerprint density at radius 1 is 0.971 bits per heavy atom. The molecule has 0 aromatic heterocycles. The normalized spacial score (nSPS) is 10.4. The van der Waals surface area contributed by atoms with Crippen LogP contribution in [0.15, 0.2) is 30.3 Å². The molecule has 0 aliphatic heterocycles. The van der Waals surface area contributed by atoms with Gasteiger partial charge in [-0.1, -0.05) is 0 Å². The van der Waals surface area contributed by atoms with Crippen molar-refractivity contribution in [3.8, 4) is 11.5 Å². The van der Waals surface area contributed by atoms with Crippen LogP contribution < -0.4 is 14.8 Å². The highest BCUT2D eigenvalue weighted by Gasteiger charge is 2.26. The molecule has 182 valence electrons. The number of anilines is 1. The number of benzene rings is 2. The standard InChI is InChI=1S/C21H20F2N2O9/c1-4-32-19(27)11-6-12(20(28)33-5-2)8-13(7-11)24-18(26)14-9-16(31-3)17(34-21(22)23)10-15(14)25(29)30/h6-10,21H,4-5H2,1-3H3,(H,24,26). The van der Waals surface area contributed by atoms with Crippen molar-refractivity contribution in [1.29, 1.82) is 0 Å². The van der Waals surface area contributed by atoms with Crippen LogP contribution in [0.25, 0.3) is 0 Å². The maximum Gasteiger partial charge on any atom is 0.387 e. The van der Waals surface area contributed by atoms with Gasteiger partial charge in [-0.15, -0.1) is 0 Å². The molecule has 13 heteroatoms. The molecule has 11 nitrogen and oxygen atoms in total. The highest BCUT2D eigenvalue weighted by molar-refractivity contribution is 6.08. The fourth-order valence-electron chi connectivity index (χ4n) is 2.79. The predicted octanol–water partition coefficient (Wildman–Crippen LogP) is 3.81. The van der Waals surface area contributed by atoms with Gasteiger partial charge in [0, 0.05) is 11.8 Å². The Morgan fingerprint density at radius 2 is 1.53 bits per heavy atom. The summed E-state index contributed by atoms with van der Waals surface area (Å²) in [5.41, 5.74) is -1.66. The van der Waals surface area contributed by atoms with Crippen molar-refractivity contribution in [2.75, 3.05) is 25.6 Å². The van der Waals surface area contributed by atoms with Crippen LogP contribution in [0, 0.1) is 10.1 Å². The molecule has 1 N–H and O–H groups in total. The van der Waals surface area contributed by atoms with Crippen LogP contribution in [0.2, 0.25) is 0 Å². The van der Waals surface area contributed by atoms with E-state index >= 15 is 0 Å². The molecule has 2 aromatic rings. The third-order valence-electron chi connectivity index (χ3n) is 4.15. The van der Waals surface area contributed by atoms with Gasteiger partial charge in [-0.25, -0.2) is 9.59 Å². The van der Waals surface area contributed by atoms with Crippen LogP contribution in [0.1, 0.15) is 44.9 Å². The second-order valence-electron chi connectivity index (χ2n) is 6.35. The maximum absolute atomic E-state index is 12.9. The predicted molar refractivity (Wildman–Crippen MR) is 113 cm³/mol. The SMILES string of the molecule is CCOC(=O)c1cc(NC(=O)c2cc(OC)c(OC(F)F)cc2[N+](=O)[O-])cc(C(=O)OCC)c1. The Kier molecular flexibility index (Phi) is 8.81. The topological polar surface area (TPSA) is 143 Å². The number of hydrogen-bond acceptors (Lipinski definition) is 9. The summed E-state index contributed by atoms with van der Waals surface area (Å²) in [6.45, 7) is -0.0557. The van der Waals surface area contributed by atoms with E-state index in [1.165, 1.54) is 18.2 Å². The number of nitro benzene ring substituents is 1. The zero-order valence-electron chi connectivity index (χ0n) is 18.3. The smallest absolute Gasteiger partial charge is 0.387 e. The number of esters is 2. The summed E-state index contributed by atoms with van der Waals surface area (Å²) in [4.78, 5) is 47.7. The molecule has 0 fully saturated rings. The van der Waals surface area contributed by atoms with Crippen LogP contribution in [0.5, 0.6) is 11.5 Å². The first-order chi connectivity index (χ1) is 16.1. The monoisotopic (exact) mass is 482 g/mol. The van der Waals surface area contributed by atoms with Crippen LogP contribution in [0.3, 0.4) is 0 Å². The molecule has 0 aliphatic carbocycles. The Hall–Kier alpha value is -4.29. The van der Waals surface area contributed by atoms with Gasteiger partial charge in [-0.2, -0.15) is 8.78 Å². The van der Waals surface area contributed by atoms with Crippen molar-refractivity contribution < 1.29 is 47.0 Å². The number of ether oxygens (including phenoxy) is 4. The molecule has 1 amide bonds. The molecule has 0 aliphatic rings. The Balaban J connectivity index is 2.52. The summed E-state index contributed by atoms with van der Waals surface area (Å²) in [5, 5.41) is 13.8. The minimum absolute atomic E-state index is 0.0448. The van der Waals surface area contributed by atoms with Crippen molar-refractivity contribution in [1.82, 2.24) is 0 Å². The zero-order chi connectivity index (χ0) is 25.4. The van der Waals surface area contributed by atoms with Gasteiger partial charge >= 0.3 is 18.6 Å². The molecule has 0 radical (unpaired) electrons. The van der Waals surface area contributed by atoms with Gasteiger partial charge in [0.25, 0.3) is 11.6 Å². The lowest BCUT2D eigenvalue weighted by atomic mass is 10.1. The molecule has 0 saturated heterocycles. The number of carbonyl (C=O) groups is 3. The number of nitrogens with zero attached hydrogens (tertiary/aromatic N) is 1. The van der Waals surface area contributed by atoms with Crippen molar-refractivity contribution >= 4 is 29.2 Å². The number of rotatable bonds is 10. The molecule has 0 spiro atoms. The fraction of sp³-hybridized carbons (Fsp3) is 0.286. The largest absolute Gasteiger partial charge is 0.493 e. The van der Waals surface area contributed by atoms with Crippen molar-refractivity contribution in [2.24, 2.45) is 0 Å². The lowest BCUT2D eigenvalue weighted by Gasteiger charge is -2.13. The van der Waals surface area contributed by atoms with Gasteiger partial charge in [0.2, 0.25) is 0 Å². The first kappa shape index (κ1) is 26.0. The van der Waals surface area contributed by atoms with Crippen LogP contribution in [0.4, 0.5) is 20.2 Å². The Bertz CT molecular complexity index is 1070. The van der Waals surface area contributed by atoms with E-state index in [0.717, 1.165) is 13.2 Å². The molecule has 0 atom stereocenters. The lowest BCUT2D eigenvalue weighted by molar-refractivity contribution is -0.385. The van der Waals surface area contributed by atoms with Gasteiger partial charge < -0.3 is 24.3 Å². The summed E-state index contributed by atoms with van der Waals surface area (Å²) >= 11 is 0. The van der Waals surface area contributed by atoms with E-state index in [4.69, 9.17) is 14.2 Å². The van der Waals surface area contributed by atoms with Crippen molar-refractivity contribution in [3.63, 3.8) is 0 Å². The van der Waals surface area contributed by atoms with E-state index in [9.17, 15) is 33.3 Å². The summed E-state index contributed by atoms with van der Waals surface area (Å²) in [6, 6.07) is 5.06. The minimum Gasteiger partial charge on any atom is -0.493 e. The quantitative estimate of drug-likeness (QED) is 0.304. The van der Waals surface area contributed by atoms with E-state index < -0.39 is 46.4 Å². The second kappa shape index (κ2) is 11.5. The van der Waals surface area contributed by atoms with Gasteiger partial charge in [-0.3, -0.25) is 14.9 Å². The van der Waals surface area contributed by atoms with Crippen molar-refractivity contribution in [3.05, 3.63) is 57.1 Å². The molecular weight excluding hydrogens is 462 g/mol. The van der Waals surface area contributed by atoms with E-state index in [-0.39, 0.29) is 35.8 Å². The average molecular weight is 482 g/mol. The highest BCUT2D eigenvalue weighted by atomic mass is 19.3. The van der Waals surface area contributed by atoms with Gasteiger partial charge in [0.1, 0.15) is 5.56 Å². The first-order valence-electron chi connectivity index (χ1n) is 9.73. The summed E-state index contributed by atoms with van der Waals surface area (Å²) in [6.07, 6.45) is 0. The summed E-state index contributed by atoms with van der Waals surface area (Å²) in [7, 11) is 1.09. The highest BCUT2D eigenvalue weighted by Crippen LogP contribution is 2.36. The third-order valence-corrected chi connectivity index (χ3v) is 4.15. The number of alkyl halides is 2. The lowest BCUT2D eigenvalue weighted by Crippen LogP contribution is -2.17. The number of hydrogen-bond donors (Lipinski definition) is 1. The molecule has 2 aromatic carbocycles. The van der Waals surface area contributed by atoms with Gasteiger partial charge in [-0.05, 0) is 32.0 Å². The fourth-order valence-corrected chi connectivity index (χ4v) is 2.79. The van der Waals surface area contributed by atoms with E-state index in [0.29, 0.717) is 6.07 Å². The van der Waals surface area contributed by atoms with Gasteiger partial charge in [0.05, 0.1) is 42.4 Å².